The minimum atomic E-state index is -2.28. The molecule has 2 heterocycles. The van der Waals surface area contributed by atoms with Gasteiger partial charge in [-0.3, -0.25) is 28.8 Å². The number of benzene rings is 2. The average molecular weight is 661 g/mol. The number of rotatable bonds is 9. The van der Waals surface area contributed by atoms with Crippen LogP contribution in [0.5, 0.6) is 0 Å². The number of hydrogen-bond donors (Lipinski definition) is 0. The summed E-state index contributed by atoms with van der Waals surface area (Å²) in [5, 5.41) is 10.9. The summed E-state index contributed by atoms with van der Waals surface area (Å²) in [6.07, 6.45) is -0.215. The van der Waals surface area contributed by atoms with Crippen molar-refractivity contribution in [1.82, 2.24) is 4.90 Å². The van der Waals surface area contributed by atoms with Gasteiger partial charge in [-0.25, -0.2) is 4.79 Å². The molecule has 0 aliphatic carbocycles. The molecule has 4 atom stereocenters. The lowest BCUT2D eigenvalue weighted by atomic mass is 9.88. The highest BCUT2D eigenvalue weighted by Gasteiger charge is 2.55. The molecule has 0 N–H and O–H groups in total. The molecule has 1 amide bonds. The Morgan fingerprint density at radius 1 is 1.16 bits per heavy atom. The third kappa shape index (κ3) is 6.73. The molecule has 0 aromatic heterocycles. The number of alkyl halides is 1. The smallest absolute Gasteiger partial charge is 0.355 e. The van der Waals surface area contributed by atoms with E-state index in [4.69, 9.17) is 20.8 Å². The molecule has 2 aromatic carbocycles. The van der Waals surface area contributed by atoms with Gasteiger partial charge in [0.05, 0.1) is 33.5 Å². The van der Waals surface area contributed by atoms with Gasteiger partial charge in [-0.1, -0.05) is 57.5 Å². The first-order valence-electron chi connectivity index (χ1n) is 14.4. The molecule has 2 aliphatic rings. The number of nitro benzene ring substituents is 1. The fraction of sp³-hybridized carbons (Fsp3) is 0.452. The molecule has 44 heavy (non-hydrogen) atoms. The van der Waals surface area contributed by atoms with Gasteiger partial charge in [0.15, 0.2) is 14.1 Å². The van der Waals surface area contributed by atoms with Crippen LogP contribution in [0, 0.1) is 16.0 Å². The monoisotopic (exact) mass is 660 g/mol. The Labute approximate surface area is 265 Å². The van der Waals surface area contributed by atoms with Crippen molar-refractivity contribution in [3.63, 3.8) is 0 Å². The predicted octanol–water partition coefficient (Wildman–Crippen LogP) is 6.11. The number of hydrogen-bond acceptors (Lipinski definition) is 8. The van der Waals surface area contributed by atoms with Crippen LogP contribution >= 0.6 is 11.6 Å². The summed E-state index contributed by atoms with van der Waals surface area (Å²) in [6, 6.07) is 12.0. The highest BCUT2D eigenvalue weighted by molar-refractivity contribution is 7.85. The maximum absolute atomic E-state index is 13.8. The Kier molecular flexibility index (Phi) is 9.98. The van der Waals surface area contributed by atoms with Gasteiger partial charge in [0, 0.05) is 29.0 Å². The van der Waals surface area contributed by atoms with Crippen LogP contribution in [-0.4, -0.2) is 57.4 Å². The van der Waals surface area contributed by atoms with Crippen LogP contribution in [-0.2, 0) is 36.2 Å². The molecule has 2 aliphatic heterocycles. The summed E-state index contributed by atoms with van der Waals surface area (Å²) in [7, 11) is -3.96. The Morgan fingerprint density at radius 2 is 1.80 bits per heavy atom. The minimum Gasteiger partial charge on any atom is -0.456 e. The Morgan fingerprint density at radius 3 is 2.36 bits per heavy atom. The number of esters is 1. The minimum absolute atomic E-state index is 0.108. The van der Waals surface area contributed by atoms with Crippen molar-refractivity contribution in [3.8, 4) is 0 Å². The van der Waals surface area contributed by atoms with Crippen LogP contribution in [0.2, 0.25) is 18.1 Å². The summed E-state index contributed by atoms with van der Waals surface area (Å²) in [5.41, 5.74) is -0.331. The average Bonchev–Trinajstić information content (AvgIpc) is 3.09. The third-order valence-corrected chi connectivity index (χ3v) is 14.9. The van der Waals surface area contributed by atoms with E-state index in [2.05, 4.69) is 33.9 Å². The summed E-state index contributed by atoms with van der Waals surface area (Å²) >= 11 is 6.89. The SMILES string of the molecule is CC[C@H](O[Si](C)(C)C(C)(C)C)[C@@H]1C(=O)N(C(C(=O)OCc2ccc([N+](=O)[O-])cc2)=C2CC(=O)c3ccccc3S(=O)C2)[C@H]1Cl. The number of non-ortho nitro benzene ring substituents is 1. The topological polar surface area (TPSA) is 133 Å². The van der Waals surface area contributed by atoms with Crippen LogP contribution in [0.4, 0.5) is 5.69 Å². The standard InChI is InChI=1S/C31H37ClN2O8SSi/c1-7-24(42-44(5,6)31(2,3)4)26-28(32)33(29(26)36)27(30(37)41-17-19-12-14-21(15-13-19)34(38)39)20-16-23(35)22-10-8-9-11-25(22)43(40)18-20/h8-15,24,26,28H,7,16-18H2,1-6H3/t24-,26-,28+,43?/m0/s1. The number of fused-ring (bicyclic) bond motifs is 1. The van der Waals surface area contributed by atoms with Crippen molar-refractivity contribution in [2.75, 3.05) is 5.75 Å². The van der Waals surface area contributed by atoms with Crippen LogP contribution in [0.3, 0.4) is 0 Å². The van der Waals surface area contributed by atoms with E-state index >= 15 is 0 Å². The molecule has 0 bridgehead atoms. The summed E-state index contributed by atoms with van der Waals surface area (Å²) in [4.78, 5) is 52.8. The van der Waals surface area contributed by atoms with Crippen LogP contribution in [0.15, 0.2) is 64.7 Å². The van der Waals surface area contributed by atoms with Crippen molar-refractivity contribution in [3.05, 3.63) is 81.0 Å². The highest BCUT2D eigenvalue weighted by atomic mass is 35.5. The first-order valence-corrected chi connectivity index (χ1v) is 19.0. The number of halogens is 1. The van der Waals surface area contributed by atoms with E-state index in [1.807, 2.05) is 6.92 Å². The number of likely N-dealkylation sites (tertiary alicyclic amines) is 1. The number of amides is 1. The number of nitro groups is 1. The van der Waals surface area contributed by atoms with Gasteiger partial charge in [-0.05, 0) is 53.9 Å². The van der Waals surface area contributed by atoms with E-state index in [0.29, 0.717) is 22.4 Å². The van der Waals surface area contributed by atoms with Gasteiger partial charge in [-0.2, -0.15) is 0 Å². The van der Waals surface area contributed by atoms with Crippen LogP contribution in [0.25, 0.3) is 0 Å². The molecule has 1 saturated heterocycles. The van der Waals surface area contributed by atoms with E-state index < -0.39 is 53.4 Å². The molecular formula is C31H37ClN2O8SSi. The maximum atomic E-state index is 13.8. The van der Waals surface area contributed by atoms with Gasteiger partial charge >= 0.3 is 5.97 Å². The number of carbonyl (C=O) groups excluding carboxylic acids is 3. The van der Waals surface area contributed by atoms with E-state index in [-0.39, 0.29) is 46.6 Å². The van der Waals surface area contributed by atoms with E-state index in [1.54, 1.807) is 24.3 Å². The van der Waals surface area contributed by atoms with Gasteiger partial charge < -0.3 is 9.16 Å². The van der Waals surface area contributed by atoms with Gasteiger partial charge in [0.25, 0.3) is 5.69 Å². The molecular weight excluding hydrogens is 624 g/mol. The first-order chi connectivity index (χ1) is 20.6. The van der Waals surface area contributed by atoms with Crippen molar-refractivity contribution >= 4 is 54.1 Å². The second-order valence-electron chi connectivity index (χ2n) is 12.5. The zero-order chi connectivity index (χ0) is 32.6. The summed E-state index contributed by atoms with van der Waals surface area (Å²) < 4.78 is 25.5. The lowest BCUT2D eigenvalue weighted by Gasteiger charge is -2.49. The summed E-state index contributed by atoms with van der Waals surface area (Å²) in [5.74, 6) is -2.60. The number of nitrogens with zero attached hydrogens (tertiary/aromatic N) is 2. The Balaban J connectivity index is 1.68. The lowest BCUT2D eigenvalue weighted by molar-refractivity contribution is -0.384. The molecule has 236 valence electrons. The molecule has 0 spiro atoms. The van der Waals surface area contributed by atoms with E-state index in [9.17, 15) is 28.7 Å². The molecule has 13 heteroatoms. The van der Waals surface area contributed by atoms with Crippen molar-refractivity contribution in [2.24, 2.45) is 5.92 Å². The number of Topliss-reactive ketones (excluding diaryl/α,β-unsaturated/α-hetero) is 1. The second kappa shape index (κ2) is 13.0. The highest BCUT2D eigenvalue weighted by Crippen LogP contribution is 2.44. The first kappa shape index (κ1) is 33.7. The lowest BCUT2D eigenvalue weighted by Crippen LogP contribution is -2.64. The fourth-order valence-electron chi connectivity index (χ4n) is 4.98. The van der Waals surface area contributed by atoms with Crippen molar-refractivity contribution in [2.45, 2.75) is 81.8 Å². The van der Waals surface area contributed by atoms with Gasteiger partial charge in [0.1, 0.15) is 17.8 Å². The zero-order valence-electron chi connectivity index (χ0n) is 25.6. The molecule has 0 radical (unpaired) electrons. The van der Waals surface area contributed by atoms with Crippen LogP contribution < -0.4 is 0 Å². The second-order valence-corrected chi connectivity index (χ2v) is 19.1. The largest absolute Gasteiger partial charge is 0.456 e. The van der Waals surface area contributed by atoms with Gasteiger partial charge in [0.2, 0.25) is 5.91 Å². The Hall–Kier alpha value is -3.19. The van der Waals surface area contributed by atoms with E-state index in [0.717, 1.165) is 4.90 Å². The molecule has 1 unspecified atom stereocenters. The number of β-lactam (4-membered cyclic amide) rings is 1. The molecule has 4 rings (SSSR count). The summed E-state index contributed by atoms with van der Waals surface area (Å²) in [6.45, 7) is 12.1. The maximum Gasteiger partial charge on any atom is 0.355 e. The molecule has 1 fully saturated rings. The van der Waals surface area contributed by atoms with Crippen LogP contribution in [0.1, 0.15) is 56.5 Å². The number of ether oxygens (including phenoxy) is 1. The number of ketones is 1. The van der Waals surface area contributed by atoms with Crippen molar-refractivity contribution < 1.29 is 32.7 Å². The third-order valence-electron chi connectivity index (χ3n) is 8.52. The fourth-order valence-corrected chi connectivity index (χ4v) is 8.24. The zero-order valence-corrected chi connectivity index (χ0v) is 28.2. The van der Waals surface area contributed by atoms with E-state index in [1.165, 1.54) is 24.3 Å². The number of carbonyl (C=O) groups is 3. The molecule has 10 nitrogen and oxygen atoms in total. The predicted molar refractivity (Wildman–Crippen MR) is 169 cm³/mol. The normalized spacial score (nSPS) is 22.4. The molecule has 0 saturated carbocycles. The van der Waals surface area contributed by atoms with Gasteiger partial charge in [-0.15, -0.1) is 0 Å². The quantitative estimate of drug-likeness (QED) is 0.0460. The van der Waals surface area contributed by atoms with Crippen molar-refractivity contribution in [1.29, 1.82) is 0 Å². The molecule has 2 aromatic rings. The Bertz CT molecular complexity index is 1500.